The SMILES string of the molecule is [2H]C([2H])([2H])C12COCCN(C1)c1nc(OC[C@@]34CCCN3C[C@H](F)C4)nc3c(F)c(ncc13)-c1c(c(C)cc3[nH]ncc13)CCCOC(=O)O2. The maximum Gasteiger partial charge on any atom is 0.508 e. The topological polar surface area (TPSA) is 128 Å². The van der Waals surface area contributed by atoms with Gasteiger partial charge in [0.1, 0.15) is 29.8 Å². The number of anilines is 1. The first-order valence-electron chi connectivity index (χ1n) is 17.5. The van der Waals surface area contributed by atoms with Crippen LogP contribution in [0.25, 0.3) is 33.1 Å². The molecule has 1 aromatic carbocycles. The van der Waals surface area contributed by atoms with Crippen LogP contribution in [0.5, 0.6) is 6.01 Å². The van der Waals surface area contributed by atoms with Crippen LogP contribution < -0.4 is 9.64 Å². The van der Waals surface area contributed by atoms with Crippen molar-refractivity contribution in [2.45, 2.75) is 63.2 Å². The number of carbonyl (C=O) groups is 1. The quantitative estimate of drug-likeness (QED) is 0.310. The Morgan fingerprint density at radius 1 is 1.21 bits per heavy atom. The van der Waals surface area contributed by atoms with Gasteiger partial charge in [-0.3, -0.25) is 15.0 Å². The fourth-order valence-corrected chi connectivity index (χ4v) is 7.69. The first-order chi connectivity index (χ1) is 24.0. The number of carbonyl (C=O) groups excluding carboxylic acids is 1. The van der Waals surface area contributed by atoms with Gasteiger partial charge in [0.2, 0.25) is 0 Å². The lowest BCUT2D eigenvalue weighted by molar-refractivity contribution is -0.0575. The smallest absolute Gasteiger partial charge is 0.461 e. The van der Waals surface area contributed by atoms with Gasteiger partial charge in [-0.05, 0) is 63.2 Å². The molecule has 0 saturated carbocycles. The Hall–Kier alpha value is -4.17. The van der Waals surface area contributed by atoms with Crippen molar-refractivity contribution in [3.05, 3.63) is 35.4 Å². The van der Waals surface area contributed by atoms with Crippen LogP contribution in [0.1, 0.15) is 47.8 Å². The number of nitrogens with one attached hydrogen (secondary N) is 1. The molecule has 0 amide bonds. The number of aryl methyl sites for hydroxylation is 1. The minimum atomic E-state index is -2.85. The van der Waals surface area contributed by atoms with Crippen molar-refractivity contribution in [1.82, 2.24) is 30.0 Å². The van der Waals surface area contributed by atoms with E-state index in [1.165, 1.54) is 6.20 Å². The lowest BCUT2D eigenvalue weighted by atomic mass is 9.92. The highest BCUT2D eigenvalue weighted by atomic mass is 19.1. The second-order valence-corrected chi connectivity index (χ2v) is 13.0. The van der Waals surface area contributed by atoms with E-state index in [0.717, 1.165) is 30.5 Å². The third-order valence-electron chi connectivity index (χ3n) is 9.84. The average molecular weight is 653 g/mol. The van der Waals surface area contributed by atoms with Gasteiger partial charge < -0.3 is 23.8 Å². The molecular weight excluding hydrogens is 612 g/mol. The summed E-state index contributed by atoms with van der Waals surface area (Å²) in [6, 6.07) is 1.75. The molecule has 0 radical (unpaired) electrons. The zero-order chi connectivity index (χ0) is 34.8. The molecule has 5 aliphatic rings. The predicted molar refractivity (Wildman–Crippen MR) is 168 cm³/mol. The molecule has 3 saturated heterocycles. The van der Waals surface area contributed by atoms with Crippen molar-refractivity contribution in [2.75, 3.05) is 57.5 Å². The summed E-state index contributed by atoms with van der Waals surface area (Å²) in [6.07, 6.45) is 3.61. The molecule has 3 fully saturated rings. The Morgan fingerprint density at radius 2 is 2.13 bits per heavy atom. The molecule has 12 nitrogen and oxygen atoms in total. The first kappa shape index (κ1) is 26.9. The molecule has 4 aromatic rings. The monoisotopic (exact) mass is 652 g/mol. The van der Waals surface area contributed by atoms with Crippen molar-refractivity contribution in [3.8, 4) is 17.3 Å². The zero-order valence-corrected chi connectivity index (χ0v) is 26.0. The molecule has 3 atom stereocenters. The maximum atomic E-state index is 17.2. The number of alkyl halides is 1. The third-order valence-corrected chi connectivity index (χ3v) is 9.84. The highest BCUT2D eigenvalue weighted by Gasteiger charge is 2.49. The number of halogens is 2. The summed E-state index contributed by atoms with van der Waals surface area (Å²) in [6.45, 7) is -0.515. The fraction of sp³-hybridized carbons (Fsp3) is 0.545. The van der Waals surface area contributed by atoms with Crippen molar-refractivity contribution in [3.63, 3.8) is 0 Å². The normalized spacial score (nSPS) is 28.0. The van der Waals surface area contributed by atoms with Gasteiger partial charge >= 0.3 is 12.2 Å². The van der Waals surface area contributed by atoms with Gasteiger partial charge in [-0.15, -0.1) is 0 Å². The number of ether oxygens (including phenoxy) is 4. The van der Waals surface area contributed by atoms with Gasteiger partial charge in [-0.25, -0.2) is 13.6 Å². The van der Waals surface area contributed by atoms with E-state index in [-0.39, 0.29) is 61.3 Å². The molecule has 3 aromatic heterocycles. The average Bonchev–Trinajstić information content (AvgIpc) is 3.71. The van der Waals surface area contributed by atoms with Gasteiger partial charge in [0.25, 0.3) is 0 Å². The van der Waals surface area contributed by atoms with Gasteiger partial charge in [0.05, 0.1) is 49.0 Å². The Kier molecular flexibility index (Phi) is 6.58. The number of nitrogens with zero attached hydrogens (tertiary/aromatic N) is 6. The summed E-state index contributed by atoms with van der Waals surface area (Å²) >= 11 is 0. The highest BCUT2D eigenvalue weighted by Crippen LogP contribution is 2.42. The Balaban J connectivity index is 1.33. The van der Waals surface area contributed by atoms with E-state index in [9.17, 15) is 9.18 Å². The number of H-pyrrole nitrogens is 1. The second kappa shape index (κ2) is 11.5. The number of rotatable bonds is 3. The predicted octanol–water partition coefficient (Wildman–Crippen LogP) is 4.67. The van der Waals surface area contributed by atoms with E-state index in [1.54, 1.807) is 11.1 Å². The highest BCUT2D eigenvalue weighted by molar-refractivity contribution is 5.99. The summed E-state index contributed by atoms with van der Waals surface area (Å²) in [7, 11) is 0. The van der Waals surface area contributed by atoms with Crippen molar-refractivity contribution in [2.24, 2.45) is 0 Å². The molecule has 9 rings (SSSR count). The molecule has 1 unspecified atom stereocenters. The summed E-state index contributed by atoms with van der Waals surface area (Å²) in [5.41, 5.74) is 0.0945. The minimum absolute atomic E-state index is 0.0401. The van der Waals surface area contributed by atoms with Crippen LogP contribution in [-0.2, 0) is 20.6 Å². The third kappa shape index (κ3) is 5.31. The number of pyridine rings is 1. The van der Waals surface area contributed by atoms with E-state index in [0.29, 0.717) is 42.3 Å². The molecule has 47 heavy (non-hydrogen) atoms. The molecule has 8 heterocycles. The van der Waals surface area contributed by atoms with Gasteiger partial charge in [-0.1, -0.05) is 0 Å². The van der Waals surface area contributed by atoms with Crippen LogP contribution in [0.2, 0.25) is 0 Å². The number of fused-ring (bicyclic) bond motifs is 8. The second-order valence-electron chi connectivity index (χ2n) is 13.0. The molecule has 0 aliphatic carbocycles. The summed E-state index contributed by atoms with van der Waals surface area (Å²) < 4.78 is 80.1. The standard InChI is InChI=1S/C33H37F2N7O5/c1-19-11-24-22(14-37-40-24)25-21(19)5-3-9-45-31(43)47-32(2)16-41(8-10-44-17-32)29-23-13-36-28(25)26(35)27(23)38-30(39-29)46-18-33-6-4-7-42(33)15-20(34)12-33/h11,13-14,20H,3-10,12,15-18H2,1-2H3,(H,37,40)/t20-,32?,33+/m1/s1/i2D3. The first-order valence-corrected chi connectivity index (χ1v) is 16.0. The van der Waals surface area contributed by atoms with E-state index < -0.39 is 42.7 Å². The number of aromatic nitrogens is 5. The maximum absolute atomic E-state index is 17.2. The van der Waals surface area contributed by atoms with Crippen LogP contribution in [0.3, 0.4) is 0 Å². The fourth-order valence-electron chi connectivity index (χ4n) is 7.69. The van der Waals surface area contributed by atoms with E-state index in [1.807, 2.05) is 13.0 Å². The summed E-state index contributed by atoms with van der Waals surface area (Å²) in [5, 5.41) is 8.01. The number of benzene rings is 1. The Bertz CT molecular complexity index is 1980. The van der Waals surface area contributed by atoms with Crippen LogP contribution in [0, 0.1) is 12.7 Å². The zero-order valence-electron chi connectivity index (χ0n) is 29.0. The van der Waals surface area contributed by atoms with Crippen LogP contribution in [-0.4, -0.2) is 106 Å². The number of hydrogen-bond acceptors (Lipinski definition) is 11. The van der Waals surface area contributed by atoms with Crippen molar-refractivity contribution < 1.29 is 36.6 Å². The van der Waals surface area contributed by atoms with Crippen LogP contribution >= 0.6 is 0 Å². The minimum Gasteiger partial charge on any atom is -0.461 e. The largest absolute Gasteiger partial charge is 0.508 e. The number of aromatic amines is 1. The molecule has 248 valence electrons. The molecular formula is C33H37F2N7O5. The molecule has 0 spiro atoms. The van der Waals surface area contributed by atoms with Gasteiger partial charge in [0, 0.05) is 40.8 Å². The van der Waals surface area contributed by atoms with Crippen molar-refractivity contribution in [1.29, 1.82) is 0 Å². The molecule has 14 heteroatoms. The number of hydrogen-bond donors (Lipinski definition) is 1. The Morgan fingerprint density at radius 3 is 3.02 bits per heavy atom. The van der Waals surface area contributed by atoms with E-state index in [2.05, 4.69) is 25.1 Å². The van der Waals surface area contributed by atoms with Gasteiger partial charge in [0.15, 0.2) is 11.4 Å². The van der Waals surface area contributed by atoms with E-state index in [4.69, 9.17) is 28.0 Å². The lowest BCUT2D eigenvalue weighted by Crippen LogP contribution is -2.46. The van der Waals surface area contributed by atoms with Crippen molar-refractivity contribution >= 4 is 33.8 Å². The lowest BCUT2D eigenvalue weighted by Gasteiger charge is -2.33. The molecule has 6 bridgehead atoms. The summed E-state index contributed by atoms with van der Waals surface area (Å²) in [5.74, 6) is -0.599. The molecule has 5 aliphatic heterocycles. The summed E-state index contributed by atoms with van der Waals surface area (Å²) in [4.78, 5) is 30.7. The Labute approximate surface area is 273 Å². The van der Waals surface area contributed by atoms with Crippen LogP contribution in [0.15, 0.2) is 18.5 Å². The molecule has 1 N–H and O–H groups in total. The van der Waals surface area contributed by atoms with Crippen LogP contribution in [0.4, 0.5) is 19.4 Å². The van der Waals surface area contributed by atoms with E-state index >= 15 is 4.39 Å². The van der Waals surface area contributed by atoms with Gasteiger partial charge in [-0.2, -0.15) is 15.1 Å².